The molecule has 0 saturated carbocycles. The van der Waals surface area contributed by atoms with E-state index in [-0.39, 0.29) is 11.9 Å². The van der Waals surface area contributed by atoms with Crippen LogP contribution >= 0.6 is 0 Å². The molecule has 6 heteroatoms. The van der Waals surface area contributed by atoms with Crippen molar-refractivity contribution < 1.29 is 9.63 Å². The molecule has 0 radical (unpaired) electrons. The van der Waals surface area contributed by atoms with Gasteiger partial charge in [0.2, 0.25) is 5.95 Å². The highest BCUT2D eigenvalue weighted by Crippen LogP contribution is 2.24. The quantitative estimate of drug-likeness (QED) is 0.795. The van der Waals surface area contributed by atoms with Crippen molar-refractivity contribution in [1.82, 2.24) is 15.0 Å². The summed E-state index contributed by atoms with van der Waals surface area (Å²) in [4.78, 5) is 28.4. The normalized spacial score (nSPS) is 23.7. The molecule has 0 bridgehead atoms. The Morgan fingerprint density at radius 1 is 1.21 bits per heavy atom. The van der Waals surface area contributed by atoms with Crippen molar-refractivity contribution in [2.45, 2.75) is 31.7 Å². The molecule has 2 fully saturated rings. The third kappa shape index (κ3) is 2.53. The summed E-state index contributed by atoms with van der Waals surface area (Å²) in [5, 5.41) is 1.52. The maximum atomic E-state index is 12.5. The molecule has 19 heavy (non-hydrogen) atoms. The van der Waals surface area contributed by atoms with Crippen LogP contribution in [0.1, 0.15) is 25.7 Å². The van der Waals surface area contributed by atoms with E-state index in [4.69, 9.17) is 4.84 Å². The van der Waals surface area contributed by atoms with Crippen LogP contribution in [0.4, 0.5) is 5.95 Å². The summed E-state index contributed by atoms with van der Waals surface area (Å²) >= 11 is 0. The van der Waals surface area contributed by atoms with Crippen molar-refractivity contribution >= 4 is 11.9 Å². The van der Waals surface area contributed by atoms with Crippen molar-refractivity contribution in [3.05, 3.63) is 18.5 Å². The van der Waals surface area contributed by atoms with Gasteiger partial charge in [-0.25, -0.2) is 15.0 Å². The second-order valence-electron chi connectivity index (χ2n) is 4.88. The van der Waals surface area contributed by atoms with Crippen molar-refractivity contribution in [3.63, 3.8) is 0 Å². The van der Waals surface area contributed by atoms with Gasteiger partial charge in [-0.15, -0.1) is 0 Å². The lowest BCUT2D eigenvalue weighted by Gasteiger charge is -2.31. The van der Waals surface area contributed by atoms with Gasteiger partial charge in [-0.2, -0.15) is 0 Å². The molecule has 3 heterocycles. The Balaban J connectivity index is 1.74. The Labute approximate surface area is 112 Å². The first kappa shape index (κ1) is 12.3. The number of hydrogen-bond donors (Lipinski definition) is 0. The zero-order valence-electron chi connectivity index (χ0n) is 10.9. The first-order valence-corrected chi connectivity index (χ1v) is 6.84. The fourth-order valence-electron chi connectivity index (χ4n) is 2.64. The van der Waals surface area contributed by atoms with E-state index in [9.17, 15) is 4.79 Å². The van der Waals surface area contributed by atoms with Gasteiger partial charge in [0.25, 0.3) is 5.91 Å². The maximum Gasteiger partial charge on any atom is 0.268 e. The Kier molecular flexibility index (Phi) is 3.59. The van der Waals surface area contributed by atoms with Gasteiger partial charge < -0.3 is 4.90 Å². The molecule has 1 aromatic heterocycles. The van der Waals surface area contributed by atoms with E-state index in [0.717, 1.165) is 32.2 Å². The van der Waals surface area contributed by atoms with Gasteiger partial charge in [-0.1, -0.05) is 0 Å². The van der Waals surface area contributed by atoms with Crippen molar-refractivity contribution in [2.75, 3.05) is 24.6 Å². The SMILES string of the molecule is O=C(C1CCCN1c1ncccn1)N1CCCCO1. The monoisotopic (exact) mass is 262 g/mol. The van der Waals surface area contributed by atoms with Crippen molar-refractivity contribution in [2.24, 2.45) is 0 Å². The molecule has 3 rings (SSSR count). The van der Waals surface area contributed by atoms with Crippen LogP contribution in [0.2, 0.25) is 0 Å². The summed E-state index contributed by atoms with van der Waals surface area (Å²) in [5.41, 5.74) is 0. The molecule has 1 amide bonds. The Morgan fingerprint density at radius 3 is 2.79 bits per heavy atom. The summed E-state index contributed by atoms with van der Waals surface area (Å²) in [5.74, 6) is 0.681. The summed E-state index contributed by atoms with van der Waals surface area (Å²) in [6.07, 6.45) is 7.29. The average molecular weight is 262 g/mol. The number of anilines is 1. The molecule has 1 unspecified atom stereocenters. The Bertz CT molecular complexity index is 434. The van der Waals surface area contributed by atoms with Crippen LogP contribution < -0.4 is 4.90 Å². The number of aromatic nitrogens is 2. The van der Waals surface area contributed by atoms with E-state index in [1.807, 2.05) is 4.90 Å². The van der Waals surface area contributed by atoms with E-state index in [1.54, 1.807) is 18.5 Å². The minimum atomic E-state index is -0.180. The molecule has 2 aliphatic heterocycles. The number of amides is 1. The maximum absolute atomic E-state index is 12.5. The predicted molar refractivity (Wildman–Crippen MR) is 69.3 cm³/mol. The smallest absolute Gasteiger partial charge is 0.268 e. The van der Waals surface area contributed by atoms with Crippen LogP contribution in [0.5, 0.6) is 0 Å². The van der Waals surface area contributed by atoms with Crippen LogP contribution in [-0.2, 0) is 9.63 Å². The van der Waals surface area contributed by atoms with E-state index in [1.165, 1.54) is 5.06 Å². The largest absolute Gasteiger partial charge is 0.329 e. The van der Waals surface area contributed by atoms with Crippen LogP contribution in [0, 0.1) is 0 Å². The lowest BCUT2D eigenvalue weighted by Crippen LogP contribution is -2.47. The van der Waals surface area contributed by atoms with Gasteiger partial charge in [0, 0.05) is 25.5 Å². The zero-order chi connectivity index (χ0) is 13.1. The van der Waals surface area contributed by atoms with Gasteiger partial charge >= 0.3 is 0 Å². The van der Waals surface area contributed by atoms with Crippen LogP contribution in [0.15, 0.2) is 18.5 Å². The number of hydroxylamine groups is 2. The van der Waals surface area contributed by atoms with E-state index in [2.05, 4.69) is 9.97 Å². The van der Waals surface area contributed by atoms with Gasteiger partial charge in [-0.3, -0.25) is 9.63 Å². The van der Waals surface area contributed by atoms with Gasteiger partial charge in [0.05, 0.1) is 6.61 Å². The average Bonchev–Trinajstić information content (AvgIpc) is 2.98. The second kappa shape index (κ2) is 5.52. The summed E-state index contributed by atoms with van der Waals surface area (Å²) in [6.45, 7) is 2.16. The van der Waals surface area contributed by atoms with Crippen LogP contribution in [0.25, 0.3) is 0 Å². The fourth-order valence-corrected chi connectivity index (χ4v) is 2.64. The zero-order valence-corrected chi connectivity index (χ0v) is 10.9. The number of hydrogen-bond acceptors (Lipinski definition) is 5. The lowest BCUT2D eigenvalue weighted by atomic mass is 10.2. The molecule has 0 aromatic carbocycles. The van der Waals surface area contributed by atoms with Crippen molar-refractivity contribution in [3.8, 4) is 0 Å². The van der Waals surface area contributed by atoms with Crippen LogP contribution in [-0.4, -0.2) is 46.7 Å². The minimum absolute atomic E-state index is 0.0460. The first-order valence-electron chi connectivity index (χ1n) is 6.84. The Hall–Kier alpha value is -1.69. The van der Waals surface area contributed by atoms with E-state index in [0.29, 0.717) is 19.1 Å². The topological polar surface area (TPSA) is 58.6 Å². The molecular formula is C13H18N4O2. The summed E-state index contributed by atoms with van der Waals surface area (Å²) in [6, 6.07) is 1.60. The number of carbonyl (C=O) groups excluding carboxylic acids is 1. The van der Waals surface area contributed by atoms with Gasteiger partial charge in [0.1, 0.15) is 6.04 Å². The second-order valence-corrected chi connectivity index (χ2v) is 4.88. The number of carbonyl (C=O) groups is 1. The molecule has 0 aliphatic carbocycles. The highest BCUT2D eigenvalue weighted by atomic mass is 16.7. The molecule has 0 N–H and O–H groups in total. The minimum Gasteiger partial charge on any atom is -0.329 e. The third-order valence-electron chi connectivity index (χ3n) is 3.60. The van der Waals surface area contributed by atoms with Gasteiger partial charge in [-0.05, 0) is 31.7 Å². The first-order chi connectivity index (χ1) is 9.36. The molecule has 0 spiro atoms. The number of rotatable bonds is 2. The Morgan fingerprint density at radius 2 is 2.05 bits per heavy atom. The lowest BCUT2D eigenvalue weighted by molar-refractivity contribution is -0.198. The predicted octanol–water partition coefficient (Wildman–Crippen LogP) is 0.999. The van der Waals surface area contributed by atoms with Gasteiger partial charge in [0.15, 0.2) is 0 Å². The van der Waals surface area contributed by atoms with Crippen LogP contribution in [0.3, 0.4) is 0 Å². The highest BCUT2D eigenvalue weighted by molar-refractivity contribution is 5.84. The van der Waals surface area contributed by atoms with E-state index >= 15 is 0 Å². The summed E-state index contributed by atoms with van der Waals surface area (Å²) in [7, 11) is 0. The molecule has 2 saturated heterocycles. The third-order valence-corrected chi connectivity index (χ3v) is 3.60. The highest BCUT2D eigenvalue weighted by Gasteiger charge is 2.36. The molecule has 102 valence electrons. The molecular weight excluding hydrogens is 244 g/mol. The number of nitrogens with zero attached hydrogens (tertiary/aromatic N) is 4. The molecule has 1 atom stereocenters. The fraction of sp³-hybridized carbons (Fsp3) is 0.615. The summed E-state index contributed by atoms with van der Waals surface area (Å²) < 4.78 is 0. The molecule has 2 aliphatic rings. The molecule has 6 nitrogen and oxygen atoms in total. The van der Waals surface area contributed by atoms with Crippen molar-refractivity contribution in [1.29, 1.82) is 0 Å². The molecule has 1 aromatic rings. The standard InChI is InChI=1S/C13H18N4O2/c18-12(17-9-1-2-10-19-17)11-5-3-8-16(11)13-14-6-4-7-15-13/h4,6-7,11H,1-3,5,8-10H2. The van der Waals surface area contributed by atoms with E-state index < -0.39 is 0 Å².